The van der Waals surface area contributed by atoms with E-state index in [1.54, 1.807) is 0 Å². The van der Waals surface area contributed by atoms with Crippen LogP contribution in [-0.2, 0) is 14.6 Å². The summed E-state index contributed by atoms with van der Waals surface area (Å²) in [6, 6.07) is -1.33. The fourth-order valence-electron chi connectivity index (χ4n) is 2.18. The van der Waals surface area contributed by atoms with Gasteiger partial charge in [-0.3, -0.25) is 0 Å². The fraction of sp³-hybridized carbons (Fsp3) is 0.818. The van der Waals surface area contributed by atoms with E-state index >= 15 is 0 Å². The third-order valence-corrected chi connectivity index (χ3v) is 5.20. The van der Waals surface area contributed by atoms with E-state index in [1.165, 1.54) is 4.90 Å². The molecule has 0 aromatic carbocycles. The van der Waals surface area contributed by atoms with Crippen molar-refractivity contribution in [3.63, 3.8) is 0 Å². The van der Waals surface area contributed by atoms with Gasteiger partial charge in [-0.15, -0.1) is 0 Å². The predicted octanol–water partition coefficient (Wildman–Crippen LogP) is -0.320. The van der Waals surface area contributed by atoms with E-state index < -0.39 is 27.9 Å². The molecule has 2 rings (SSSR count). The van der Waals surface area contributed by atoms with Crippen molar-refractivity contribution in [1.29, 1.82) is 0 Å². The minimum absolute atomic E-state index is 0.0113. The van der Waals surface area contributed by atoms with Crippen molar-refractivity contribution >= 4 is 21.8 Å². The maximum atomic E-state index is 12.0. The number of nitrogens with one attached hydrogen (secondary N) is 1. The quantitative estimate of drug-likeness (QED) is 0.741. The Labute approximate surface area is 111 Å². The van der Waals surface area contributed by atoms with Crippen molar-refractivity contribution in [1.82, 2.24) is 10.2 Å². The lowest BCUT2D eigenvalue weighted by Gasteiger charge is -2.23. The molecule has 1 atom stereocenters. The standard InChI is InChI=1S/C11H18N2O5S/c14-10(15)9(8-2-3-8)12-11(16)13-4-1-6-19(17,18)7-5-13/h8-9H,1-7H2,(H,12,16)(H,14,15). The van der Waals surface area contributed by atoms with Crippen molar-refractivity contribution in [2.75, 3.05) is 24.6 Å². The molecule has 8 heteroatoms. The molecule has 2 amide bonds. The summed E-state index contributed by atoms with van der Waals surface area (Å²) in [6.07, 6.45) is 2.02. The fourth-order valence-corrected chi connectivity index (χ4v) is 3.45. The average molecular weight is 290 g/mol. The summed E-state index contributed by atoms with van der Waals surface area (Å²) < 4.78 is 22.9. The van der Waals surface area contributed by atoms with E-state index in [4.69, 9.17) is 5.11 Å². The van der Waals surface area contributed by atoms with Gasteiger partial charge in [-0.05, 0) is 25.2 Å². The first-order chi connectivity index (χ1) is 8.89. The van der Waals surface area contributed by atoms with Crippen LogP contribution in [0.5, 0.6) is 0 Å². The molecule has 1 aliphatic carbocycles. The lowest BCUT2D eigenvalue weighted by Crippen LogP contribution is -2.49. The van der Waals surface area contributed by atoms with Crippen LogP contribution in [0.1, 0.15) is 19.3 Å². The number of aliphatic carboxylic acids is 1. The van der Waals surface area contributed by atoms with Crippen LogP contribution in [0.2, 0.25) is 0 Å². The van der Waals surface area contributed by atoms with Gasteiger partial charge in [0, 0.05) is 13.1 Å². The summed E-state index contributed by atoms with van der Waals surface area (Å²) in [7, 11) is -3.07. The van der Waals surface area contributed by atoms with Gasteiger partial charge >= 0.3 is 12.0 Å². The van der Waals surface area contributed by atoms with E-state index in [-0.39, 0.29) is 24.0 Å². The highest BCUT2D eigenvalue weighted by atomic mass is 32.2. The molecule has 0 radical (unpaired) electrons. The van der Waals surface area contributed by atoms with Gasteiger partial charge in [0.25, 0.3) is 0 Å². The summed E-state index contributed by atoms with van der Waals surface area (Å²) >= 11 is 0. The van der Waals surface area contributed by atoms with Gasteiger partial charge in [-0.25, -0.2) is 18.0 Å². The molecule has 1 saturated carbocycles. The molecular formula is C11H18N2O5S. The van der Waals surface area contributed by atoms with Crippen LogP contribution in [0.4, 0.5) is 4.79 Å². The molecule has 1 unspecified atom stereocenters. The molecule has 7 nitrogen and oxygen atoms in total. The number of hydrogen-bond donors (Lipinski definition) is 2. The van der Waals surface area contributed by atoms with Gasteiger partial charge in [-0.1, -0.05) is 0 Å². The van der Waals surface area contributed by atoms with Crippen molar-refractivity contribution in [3.8, 4) is 0 Å². The van der Waals surface area contributed by atoms with Gasteiger partial charge in [-0.2, -0.15) is 0 Å². The second-order valence-corrected chi connectivity index (χ2v) is 7.40. The van der Waals surface area contributed by atoms with Crippen LogP contribution in [0, 0.1) is 5.92 Å². The van der Waals surface area contributed by atoms with Crippen LogP contribution >= 0.6 is 0 Å². The van der Waals surface area contributed by atoms with Gasteiger partial charge in [0.15, 0.2) is 9.84 Å². The Morgan fingerprint density at radius 2 is 1.89 bits per heavy atom. The van der Waals surface area contributed by atoms with Crippen molar-refractivity contribution in [3.05, 3.63) is 0 Å². The summed E-state index contributed by atoms with van der Waals surface area (Å²) in [5.41, 5.74) is 0. The number of carboxylic acids is 1. The molecule has 0 aromatic heterocycles. The highest BCUT2D eigenvalue weighted by molar-refractivity contribution is 7.91. The second kappa shape index (κ2) is 5.36. The molecule has 0 bridgehead atoms. The van der Waals surface area contributed by atoms with Crippen LogP contribution in [-0.4, -0.2) is 61.1 Å². The number of rotatable bonds is 3. The zero-order chi connectivity index (χ0) is 14.0. The van der Waals surface area contributed by atoms with Gasteiger partial charge in [0.2, 0.25) is 0 Å². The van der Waals surface area contributed by atoms with E-state index in [2.05, 4.69) is 5.32 Å². The van der Waals surface area contributed by atoms with Gasteiger partial charge in [0.1, 0.15) is 6.04 Å². The molecule has 2 aliphatic rings. The third-order valence-electron chi connectivity index (χ3n) is 3.48. The second-order valence-electron chi connectivity index (χ2n) is 5.10. The average Bonchev–Trinajstić information content (AvgIpc) is 3.12. The predicted molar refractivity (Wildman–Crippen MR) is 67.5 cm³/mol. The first-order valence-corrected chi connectivity index (χ1v) is 8.20. The summed E-state index contributed by atoms with van der Waals surface area (Å²) in [5.74, 6) is -0.987. The monoisotopic (exact) mass is 290 g/mol. The largest absolute Gasteiger partial charge is 0.480 e. The van der Waals surface area contributed by atoms with Gasteiger partial charge < -0.3 is 15.3 Å². The SMILES string of the molecule is O=C(O)C(NC(=O)N1CCCS(=O)(=O)CC1)C1CC1. The molecule has 2 fully saturated rings. The zero-order valence-electron chi connectivity index (χ0n) is 10.5. The third kappa shape index (κ3) is 3.82. The number of amides is 2. The number of urea groups is 1. The number of carbonyl (C=O) groups excluding carboxylic acids is 1. The molecule has 1 aliphatic heterocycles. The summed E-state index contributed by atoms with van der Waals surface area (Å²) in [4.78, 5) is 24.4. The highest BCUT2D eigenvalue weighted by Gasteiger charge is 2.38. The summed E-state index contributed by atoms with van der Waals surface area (Å²) in [5, 5.41) is 11.5. The number of carbonyl (C=O) groups is 2. The maximum Gasteiger partial charge on any atom is 0.326 e. The van der Waals surface area contributed by atoms with E-state index in [0.29, 0.717) is 13.0 Å². The Kier molecular flexibility index (Phi) is 3.98. The molecule has 108 valence electrons. The Bertz CT molecular complexity index is 471. The Morgan fingerprint density at radius 3 is 2.47 bits per heavy atom. The normalized spacial score (nSPS) is 24.3. The molecule has 19 heavy (non-hydrogen) atoms. The number of hydrogen-bond acceptors (Lipinski definition) is 4. The van der Waals surface area contributed by atoms with Crippen molar-refractivity contribution < 1.29 is 23.1 Å². The minimum Gasteiger partial charge on any atom is -0.480 e. The van der Waals surface area contributed by atoms with E-state index in [1.807, 2.05) is 0 Å². The molecule has 0 spiro atoms. The summed E-state index contributed by atoms with van der Waals surface area (Å²) in [6.45, 7) is 0.479. The smallest absolute Gasteiger partial charge is 0.326 e. The number of carboxylic acid groups (broad SMARTS) is 1. The first-order valence-electron chi connectivity index (χ1n) is 6.38. The highest BCUT2D eigenvalue weighted by Crippen LogP contribution is 2.32. The number of sulfone groups is 1. The Hall–Kier alpha value is -1.31. The Morgan fingerprint density at radius 1 is 1.21 bits per heavy atom. The molecule has 1 heterocycles. The number of nitrogens with zero attached hydrogens (tertiary/aromatic N) is 1. The van der Waals surface area contributed by atoms with Gasteiger partial charge in [0.05, 0.1) is 11.5 Å². The van der Waals surface area contributed by atoms with Crippen LogP contribution in [0.15, 0.2) is 0 Å². The van der Waals surface area contributed by atoms with Crippen molar-refractivity contribution in [2.45, 2.75) is 25.3 Å². The first kappa shape index (κ1) is 14.1. The zero-order valence-corrected chi connectivity index (χ0v) is 11.4. The van der Waals surface area contributed by atoms with Crippen LogP contribution in [0.3, 0.4) is 0 Å². The molecule has 0 aromatic rings. The lowest BCUT2D eigenvalue weighted by atomic mass is 10.2. The Balaban J connectivity index is 1.93. The molecular weight excluding hydrogens is 272 g/mol. The van der Waals surface area contributed by atoms with Crippen LogP contribution < -0.4 is 5.32 Å². The van der Waals surface area contributed by atoms with Crippen molar-refractivity contribution in [2.24, 2.45) is 5.92 Å². The lowest BCUT2D eigenvalue weighted by molar-refractivity contribution is -0.139. The van der Waals surface area contributed by atoms with E-state index in [9.17, 15) is 18.0 Å². The molecule has 2 N–H and O–H groups in total. The van der Waals surface area contributed by atoms with Crippen LogP contribution in [0.25, 0.3) is 0 Å². The maximum absolute atomic E-state index is 12.0. The molecule has 1 saturated heterocycles. The topological polar surface area (TPSA) is 104 Å². The van der Waals surface area contributed by atoms with E-state index in [0.717, 1.165) is 12.8 Å². The minimum atomic E-state index is -3.07.